The third-order valence-electron chi connectivity index (χ3n) is 3.89. The topological polar surface area (TPSA) is 66.5 Å². The molecule has 1 N–H and O–H groups in total. The molecule has 0 bridgehead atoms. The first-order chi connectivity index (χ1) is 10.8. The highest BCUT2D eigenvalue weighted by Crippen LogP contribution is 2.25. The SMILES string of the molecule is CC(C)CNC(=O)[C@H]1CCCN(S(=O)(=O)c2ccc(Br)cc2)C1. The summed E-state index contributed by atoms with van der Waals surface area (Å²) in [7, 11) is -3.54. The van der Waals surface area contributed by atoms with Crippen molar-refractivity contribution in [3.05, 3.63) is 28.7 Å². The van der Waals surface area contributed by atoms with Gasteiger partial charge >= 0.3 is 0 Å². The molecule has 5 nitrogen and oxygen atoms in total. The summed E-state index contributed by atoms with van der Waals surface area (Å²) in [4.78, 5) is 12.5. The number of hydrogen-bond acceptors (Lipinski definition) is 3. The molecule has 1 aliphatic heterocycles. The number of halogens is 1. The van der Waals surface area contributed by atoms with Gasteiger partial charge in [0, 0.05) is 24.1 Å². The van der Waals surface area contributed by atoms with E-state index >= 15 is 0 Å². The summed E-state index contributed by atoms with van der Waals surface area (Å²) in [6.07, 6.45) is 1.44. The van der Waals surface area contributed by atoms with Gasteiger partial charge in [0.2, 0.25) is 15.9 Å². The minimum Gasteiger partial charge on any atom is -0.356 e. The summed E-state index contributed by atoms with van der Waals surface area (Å²) in [6.45, 7) is 5.40. The van der Waals surface area contributed by atoms with Crippen LogP contribution in [0.25, 0.3) is 0 Å². The maximum absolute atomic E-state index is 12.7. The second-order valence-electron chi connectivity index (χ2n) is 6.30. The van der Waals surface area contributed by atoms with E-state index in [0.29, 0.717) is 25.4 Å². The molecular formula is C16H23BrN2O3S. The molecule has 1 amide bonds. The Balaban J connectivity index is 2.08. The van der Waals surface area contributed by atoms with Crippen LogP contribution in [0.2, 0.25) is 0 Å². The van der Waals surface area contributed by atoms with Crippen LogP contribution in [0.15, 0.2) is 33.6 Å². The van der Waals surface area contributed by atoms with Gasteiger partial charge in [0.1, 0.15) is 0 Å². The van der Waals surface area contributed by atoms with Gasteiger partial charge in [-0.3, -0.25) is 4.79 Å². The highest BCUT2D eigenvalue weighted by Gasteiger charge is 2.33. The van der Waals surface area contributed by atoms with Gasteiger partial charge in [0.15, 0.2) is 0 Å². The lowest BCUT2D eigenvalue weighted by atomic mass is 9.98. The molecule has 2 rings (SSSR count). The third kappa shape index (κ3) is 4.78. The molecule has 0 unspecified atom stereocenters. The second-order valence-corrected chi connectivity index (χ2v) is 9.15. The number of carbonyl (C=O) groups is 1. The number of piperidine rings is 1. The lowest BCUT2D eigenvalue weighted by Gasteiger charge is -2.31. The van der Waals surface area contributed by atoms with E-state index in [4.69, 9.17) is 0 Å². The number of hydrogen-bond donors (Lipinski definition) is 1. The summed E-state index contributed by atoms with van der Waals surface area (Å²) in [5.74, 6) is 0.0623. The predicted molar refractivity (Wildman–Crippen MR) is 93.5 cm³/mol. The van der Waals surface area contributed by atoms with E-state index in [9.17, 15) is 13.2 Å². The van der Waals surface area contributed by atoms with Crippen LogP contribution in [-0.4, -0.2) is 38.3 Å². The van der Waals surface area contributed by atoms with Crippen molar-refractivity contribution in [2.45, 2.75) is 31.6 Å². The zero-order valence-corrected chi connectivity index (χ0v) is 15.9. The Bertz CT molecular complexity index is 644. The molecule has 1 aromatic rings. The minimum atomic E-state index is -3.54. The van der Waals surface area contributed by atoms with Gasteiger partial charge in [0.25, 0.3) is 0 Å². The van der Waals surface area contributed by atoms with Gasteiger partial charge in [-0.2, -0.15) is 4.31 Å². The molecule has 1 saturated heterocycles. The van der Waals surface area contributed by atoms with Crippen molar-refractivity contribution in [2.75, 3.05) is 19.6 Å². The van der Waals surface area contributed by atoms with E-state index in [0.717, 1.165) is 10.9 Å². The van der Waals surface area contributed by atoms with Crippen LogP contribution < -0.4 is 5.32 Å². The zero-order valence-electron chi connectivity index (χ0n) is 13.5. The van der Waals surface area contributed by atoms with Crippen molar-refractivity contribution >= 4 is 31.9 Å². The fourth-order valence-electron chi connectivity index (χ4n) is 2.58. The quantitative estimate of drug-likeness (QED) is 0.822. The molecule has 1 fully saturated rings. The number of sulfonamides is 1. The van der Waals surface area contributed by atoms with Crippen LogP contribution in [-0.2, 0) is 14.8 Å². The molecule has 0 aromatic heterocycles. The lowest BCUT2D eigenvalue weighted by Crippen LogP contribution is -2.45. The Kier molecular flexibility index (Phi) is 6.22. The van der Waals surface area contributed by atoms with Crippen LogP contribution in [0.1, 0.15) is 26.7 Å². The predicted octanol–water partition coefficient (Wildman–Crippen LogP) is 2.62. The van der Waals surface area contributed by atoms with Gasteiger partial charge in [-0.25, -0.2) is 8.42 Å². The molecule has 1 aliphatic rings. The number of rotatable bonds is 5. The first-order valence-electron chi connectivity index (χ1n) is 7.84. The molecule has 0 saturated carbocycles. The molecule has 7 heteroatoms. The van der Waals surface area contributed by atoms with E-state index in [1.165, 1.54) is 4.31 Å². The van der Waals surface area contributed by atoms with Crippen molar-refractivity contribution in [3.8, 4) is 0 Å². The summed E-state index contributed by atoms with van der Waals surface area (Å²) in [6, 6.07) is 6.59. The summed E-state index contributed by atoms with van der Waals surface area (Å²) >= 11 is 3.30. The molecule has 0 radical (unpaired) electrons. The van der Waals surface area contributed by atoms with Crippen LogP contribution in [0.4, 0.5) is 0 Å². The largest absolute Gasteiger partial charge is 0.356 e. The van der Waals surface area contributed by atoms with Gasteiger partial charge in [0.05, 0.1) is 10.8 Å². The van der Waals surface area contributed by atoms with Crippen LogP contribution in [0.3, 0.4) is 0 Å². The van der Waals surface area contributed by atoms with E-state index in [1.807, 2.05) is 13.8 Å². The van der Waals surface area contributed by atoms with E-state index in [2.05, 4.69) is 21.2 Å². The Hall–Kier alpha value is -0.920. The van der Waals surface area contributed by atoms with Crippen molar-refractivity contribution in [3.63, 3.8) is 0 Å². The van der Waals surface area contributed by atoms with E-state index in [1.54, 1.807) is 24.3 Å². The van der Waals surface area contributed by atoms with Gasteiger partial charge in [-0.05, 0) is 43.0 Å². The fraction of sp³-hybridized carbons (Fsp3) is 0.562. The molecule has 1 atom stereocenters. The molecule has 128 valence electrons. The molecule has 1 aromatic carbocycles. The smallest absolute Gasteiger partial charge is 0.243 e. The lowest BCUT2D eigenvalue weighted by molar-refractivity contribution is -0.126. The first kappa shape index (κ1) is 18.4. The first-order valence-corrected chi connectivity index (χ1v) is 10.1. The number of amides is 1. The second kappa shape index (κ2) is 7.77. The number of nitrogens with one attached hydrogen (secondary N) is 1. The molecular weight excluding hydrogens is 380 g/mol. The highest BCUT2D eigenvalue weighted by molar-refractivity contribution is 9.10. The average molecular weight is 403 g/mol. The Morgan fingerprint density at radius 1 is 1.35 bits per heavy atom. The highest BCUT2D eigenvalue weighted by atomic mass is 79.9. The molecule has 0 spiro atoms. The Labute approximate surface area is 146 Å². The van der Waals surface area contributed by atoms with Crippen LogP contribution in [0, 0.1) is 11.8 Å². The van der Waals surface area contributed by atoms with Crippen LogP contribution >= 0.6 is 15.9 Å². The maximum atomic E-state index is 12.7. The van der Waals surface area contributed by atoms with Crippen molar-refractivity contribution in [2.24, 2.45) is 11.8 Å². The van der Waals surface area contributed by atoms with E-state index < -0.39 is 10.0 Å². The normalized spacial score (nSPS) is 19.7. The molecule has 0 aliphatic carbocycles. The van der Waals surface area contributed by atoms with Crippen LogP contribution in [0.5, 0.6) is 0 Å². The molecule has 23 heavy (non-hydrogen) atoms. The van der Waals surface area contributed by atoms with Gasteiger partial charge in [-0.1, -0.05) is 29.8 Å². The fourth-order valence-corrected chi connectivity index (χ4v) is 4.37. The van der Waals surface area contributed by atoms with E-state index in [-0.39, 0.29) is 23.3 Å². The monoisotopic (exact) mass is 402 g/mol. The summed E-state index contributed by atoms with van der Waals surface area (Å²) < 4.78 is 27.7. The summed E-state index contributed by atoms with van der Waals surface area (Å²) in [5, 5.41) is 2.90. The van der Waals surface area contributed by atoms with Crippen molar-refractivity contribution in [1.29, 1.82) is 0 Å². The number of benzene rings is 1. The standard InChI is InChI=1S/C16H23BrN2O3S/c1-12(2)10-18-16(20)13-4-3-9-19(11-13)23(21,22)15-7-5-14(17)6-8-15/h5-8,12-13H,3-4,9-11H2,1-2H3,(H,18,20)/t13-/m0/s1. The number of carbonyl (C=O) groups excluding carboxylic acids is 1. The minimum absolute atomic E-state index is 0.0468. The Morgan fingerprint density at radius 2 is 2.00 bits per heavy atom. The number of nitrogens with zero attached hydrogens (tertiary/aromatic N) is 1. The van der Waals surface area contributed by atoms with Crippen molar-refractivity contribution in [1.82, 2.24) is 9.62 Å². The van der Waals surface area contributed by atoms with Gasteiger partial charge in [-0.15, -0.1) is 0 Å². The van der Waals surface area contributed by atoms with Gasteiger partial charge < -0.3 is 5.32 Å². The third-order valence-corrected chi connectivity index (χ3v) is 6.30. The van der Waals surface area contributed by atoms with Crippen molar-refractivity contribution < 1.29 is 13.2 Å². The zero-order chi connectivity index (χ0) is 17.0. The maximum Gasteiger partial charge on any atom is 0.243 e. The summed E-state index contributed by atoms with van der Waals surface area (Å²) in [5.41, 5.74) is 0. The molecule has 1 heterocycles. The Morgan fingerprint density at radius 3 is 2.61 bits per heavy atom. The average Bonchev–Trinajstić information content (AvgIpc) is 2.53.